The lowest BCUT2D eigenvalue weighted by Gasteiger charge is -2.18. The van der Waals surface area contributed by atoms with Crippen molar-refractivity contribution in [3.8, 4) is 0 Å². The largest absolute Gasteiger partial charge is 0.320 e. The fraction of sp³-hybridized carbons (Fsp3) is 0.833. The van der Waals surface area contributed by atoms with Crippen LogP contribution in [0.1, 0.15) is 26.7 Å². The van der Waals surface area contributed by atoms with Gasteiger partial charge >= 0.3 is 5.91 Å². The van der Waals surface area contributed by atoms with Crippen LogP contribution < -0.4 is 0 Å². The summed E-state index contributed by atoms with van der Waals surface area (Å²) < 4.78 is 36.1. The van der Waals surface area contributed by atoms with Gasteiger partial charge in [-0.3, -0.25) is 4.79 Å². The second-order valence-corrected chi connectivity index (χ2v) is 2.21. The zero-order valence-electron chi connectivity index (χ0n) is 6.40. The average molecular weight is 169 g/mol. The van der Waals surface area contributed by atoms with Gasteiger partial charge in [0.05, 0.1) is 0 Å². The lowest BCUT2D eigenvalue weighted by molar-refractivity contribution is -0.201. The van der Waals surface area contributed by atoms with Gasteiger partial charge in [-0.25, -0.2) is 4.39 Å². The van der Waals surface area contributed by atoms with Crippen LogP contribution in [0.5, 0.6) is 0 Å². The Morgan fingerprint density at radius 2 is 1.73 bits per heavy atom. The molecule has 0 spiro atoms. The molecule has 2 nitrogen and oxygen atoms in total. The van der Waals surface area contributed by atoms with E-state index in [2.05, 4.69) is 0 Å². The van der Waals surface area contributed by atoms with Crippen molar-refractivity contribution >= 4 is 5.91 Å². The first-order chi connectivity index (χ1) is 4.98. The topological polar surface area (TPSA) is 20.3 Å². The first-order valence-electron chi connectivity index (χ1n) is 3.33. The molecular formula is C6H10F3NO. The highest BCUT2D eigenvalue weighted by atomic mass is 19.4. The normalized spacial score (nSPS) is 11.4. The van der Waals surface area contributed by atoms with Gasteiger partial charge < -0.3 is 0 Å². The van der Waals surface area contributed by atoms with Gasteiger partial charge in [-0.2, -0.15) is 0 Å². The van der Waals surface area contributed by atoms with Crippen LogP contribution in [0.3, 0.4) is 0 Å². The maximum atomic E-state index is 13.0. The number of rotatable bonds is 3. The van der Waals surface area contributed by atoms with E-state index in [0.717, 1.165) is 0 Å². The van der Waals surface area contributed by atoms with E-state index in [1.165, 1.54) is 13.8 Å². The molecule has 66 valence electrons. The fourth-order valence-corrected chi connectivity index (χ4v) is 0.704. The third kappa shape index (κ3) is 2.10. The van der Waals surface area contributed by atoms with Crippen molar-refractivity contribution in [1.29, 1.82) is 0 Å². The van der Waals surface area contributed by atoms with Crippen LogP contribution in [-0.2, 0) is 4.79 Å². The maximum Gasteiger partial charge on any atom is 0.320 e. The van der Waals surface area contributed by atoms with E-state index in [9.17, 15) is 18.1 Å². The Labute approximate surface area is 62.9 Å². The minimum Gasteiger partial charge on any atom is -0.266 e. The minimum atomic E-state index is -2.40. The molecule has 0 heterocycles. The third-order valence-corrected chi connectivity index (χ3v) is 1.66. The lowest BCUT2D eigenvalue weighted by atomic mass is 9.99. The SMILES string of the molecule is CCC(F)(CC)C(=O)N(F)F. The summed E-state index contributed by atoms with van der Waals surface area (Å²) in [6.07, 6.45) is -0.459. The average Bonchev–Trinajstić information content (AvgIpc) is 2.01. The number of hydrogen-bond donors (Lipinski definition) is 0. The molecule has 0 aliphatic rings. The van der Waals surface area contributed by atoms with Crippen molar-refractivity contribution in [2.24, 2.45) is 0 Å². The van der Waals surface area contributed by atoms with Crippen LogP contribution in [0.15, 0.2) is 0 Å². The molecule has 0 unspecified atom stereocenters. The summed E-state index contributed by atoms with van der Waals surface area (Å²) in [5.74, 6) is -1.76. The first-order valence-corrected chi connectivity index (χ1v) is 3.33. The van der Waals surface area contributed by atoms with E-state index in [0.29, 0.717) is 0 Å². The highest BCUT2D eigenvalue weighted by molar-refractivity contribution is 5.83. The zero-order valence-corrected chi connectivity index (χ0v) is 6.40. The van der Waals surface area contributed by atoms with Crippen LogP contribution in [-0.4, -0.2) is 16.9 Å². The van der Waals surface area contributed by atoms with Crippen molar-refractivity contribution in [1.82, 2.24) is 5.34 Å². The molecule has 5 heteroatoms. The molecule has 1 amide bonds. The molecule has 11 heavy (non-hydrogen) atoms. The molecule has 0 bridgehead atoms. The van der Waals surface area contributed by atoms with E-state index in [-0.39, 0.29) is 12.8 Å². The number of hydrogen-bond acceptors (Lipinski definition) is 1. The van der Waals surface area contributed by atoms with E-state index >= 15 is 0 Å². The summed E-state index contributed by atoms with van der Waals surface area (Å²) in [5.41, 5.74) is -2.40. The Bertz CT molecular complexity index is 145. The molecule has 0 N–H and O–H groups in total. The Hall–Kier alpha value is -0.740. The molecule has 0 atom stereocenters. The molecule has 0 fully saturated rings. The molecule has 0 saturated heterocycles. The predicted octanol–water partition coefficient (Wildman–Crippen LogP) is 2.11. The molecule has 0 aliphatic heterocycles. The number of carbonyl (C=O) groups is 1. The maximum absolute atomic E-state index is 13.0. The Morgan fingerprint density at radius 3 is 1.82 bits per heavy atom. The third-order valence-electron chi connectivity index (χ3n) is 1.66. The van der Waals surface area contributed by atoms with Gasteiger partial charge in [-0.1, -0.05) is 22.8 Å². The number of halogens is 3. The summed E-state index contributed by atoms with van der Waals surface area (Å²) in [6.45, 7) is 2.70. The van der Waals surface area contributed by atoms with Crippen molar-refractivity contribution in [3.63, 3.8) is 0 Å². The van der Waals surface area contributed by atoms with Crippen molar-refractivity contribution in [2.75, 3.05) is 0 Å². The van der Waals surface area contributed by atoms with Gasteiger partial charge in [-0.15, -0.1) is 0 Å². The number of amides is 1. The number of carbonyl (C=O) groups excluding carboxylic acids is 1. The molecule has 0 rings (SSSR count). The quantitative estimate of drug-likeness (QED) is 0.592. The predicted molar refractivity (Wildman–Crippen MR) is 33.5 cm³/mol. The van der Waals surface area contributed by atoms with Crippen LogP contribution in [0, 0.1) is 0 Å². The highest BCUT2D eigenvalue weighted by Gasteiger charge is 2.39. The Morgan fingerprint density at radius 1 is 1.36 bits per heavy atom. The molecular weight excluding hydrogens is 159 g/mol. The van der Waals surface area contributed by atoms with Gasteiger partial charge in [0, 0.05) is 5.34 Å². The zero-order chi connectivity index (χ0) is 9.07. The van der Waals surface area contributed by atoms with Crippen molar-refractivity contribution in [2.45, 2.75) is 32.4 Å². The molecule has 0 radical (unpaired) electrons. The summed E-state index contributed by atoms with van der Waals surface area (Å²) in [7, 11) is 0. The van der Waals surface area contributed by atoms with Gasteiger partial charge in [0.25, 0.3) is 0 Å². The van der Waals surface area contributed by atoms with Crippen LogP contribution >= 0.6 is 0 Å². The smallest absolute Gasteiger partial charge is 0.266 e. The van der Waals surface area contributed by atoms with E-state index in [1.54, 1.807) is 0 Å². The fourth-order valence-electron chi connectivity index (χ4n) is 0.704. The van der Waals surface area contributed by atoms with Crippen LogP contribution in [0.2, 0.25) is 0 Å². The summed E-state index contributed by atoms with van der Waals surface area (Å²) >= 11 is 0. The Kier molecular flexibility index (Phi) is 3.35. The monoisotopic (exact) mass is 169 g/mol. The van der Waals surface area contributed by atoms with E-state index in [4.69, 9.17) is 0 Å². The van der Waals surface area contributed by atoms with E-state index in [1.807, 2.05) is 0 Å². The van der Waals surface area contributed by atoms with Gasteiger partial charge in [0.2, 0.25) is 0 Å². The summed E-state index contributed by atoms with van der Waals surface area (Å²) in [5, 5.41) is -1.70. The molecule has 0 aliphatic carbocycles. The van der Waals surface area contributed by atoms with Crippen LogP contribution in [0.25, 0.3) is 0 Å². The van der Waals surface area contributed by atoms with Crippen molar-refractivity contribution < 1.29 is 18.1 Å². The standard InChI is InChI=1S/C6H10F3NO/c1-3-6(7,4-2)5(11)10(8)9/h3-4H2,1-2H3. The summed E-state index contributed by atoms with van der Waals surface area (Å²) in [6, 6.07) is 0. The molecule has 0 saturated carbocycles. The van der Waals surface area contributed by atoms with Gasteiger partial charge in [0.15, 0.2) is 5.67 Å². The Balaban J connectivity index is 4.37. The lowest BCUT2D eigenvalue weighted by Crippen LogP contribution is -2.38. The first kappa shape index (κ1) is 10.3. The second kappa shape index (κ2) is 3.59. The van der Waals surface area contributed by atoms with Crippen LogP contribution in [0.4, 0.5) is 13.4 Å². The van der Waals surface area contributed by atoms with Crippen molar-refractivity contribution in [3.05, 3.63) is 0 Å². The molecule has 0 aromatic carbocycles. The second-order valence-electron chi connectivity index (χ2n) is 2.21. The highest BCUT2D eigenvalue weighted by Crippen LogP contribution is 2.23. The van der Waals surface area contributed by atoms with Gasteiger partial charge in [0.1, 0.15) is 0 Å². The summed E-state index contributed by atoms with van der Waals surface area (Å²) in [4.78, 5) is 10.4. The minimum absolute atomic E-state index is 0.229. The van der Waals surface area contributed by atoms with E-state index < -0.39 is 16.9 Å². The molecule has 0 aromatic heterocycles. The number of nitrogens with zero attached hydrogens (tertiary/aromatic N) is 1. The molecule has 0 aromatic rings. The number of alkyl halides is 1. The van der Waals surface area contributed by atoms with Gasteiger partial charge in [-0.05, 0) is 12.8 Å².